The van der Waals surface area contributed by atoms with E-state index in [1.807, 2.05) is 0 Å². The molecule has 0 bridgehead atoms. The number of nitrogens with zero attached hydrogens (tertiary/aromatic N) is 1. The molecular formula is C20H25ClN2O5. The molecule has 2 unspecified atom stereocenters. The number of phenols is 1. The zero-order valence-corrected chi connectivity index (χ0v) is 16.8. The Hall–Kier alpha value is -2.28. The van der Waals surface area contributed by atoms with Crippen molar-refractivity contribution in [3.8, 4) is 11.5 Å². The van der Waals surface area contributed by atoms with Crippen LogP contribution in [0.2, 0.25) is 5.02 Å². The van der Waals surface area contributed by atoms with Crippen LogP contribution in [0.1, 0.15) is 57.1 Å². The molecule has 28 heavy (non-hydrogen) atoms. The smallest absolute Gasteiger partial charge is 0.341 e. The molecule has 1 fully saturated rings. The molecule has 0 saturated heterocycles. The van der Waals surface area contributed by atoms with Gasteiger partial charge in [-0.2, -0.15) is 0 Å². The van der Waals surface area contributed by atoms with Gasteiger partial charge < -0.3 is 19.9 Å². The lowest BCUT2D eigenvalue weighted by Crippen LogP contribution is -2.45. The molecule has 152 valence electrons. The predicted octanol–water partition coefficient (Wildman–Crippen LogP) is 4.16. The number of aliphatic imine (C=N–C) groups is 1. The summed E-state index contributed by atoms with van der Waals surface area (Å²) in [5.41, 5.74) is 0.917. The van der Waals surface area contributed by atoms with Crippen LogP contribution in [0, 0.1) is 5.92 Å². The van der Waals surface area contributed by atoms with Gasteiger partial charge in [0.25, 0.3) is 0 Å². The number of nitrogens with one attached hydrogen (secondary N) is 1. The Labute approximate surface area is 169 Å². The van der Waals surface area contributed by atoms with Crippen molar-refractivity contribution in [3.05, 3.63) is 22.7 Å². The average molecular weight is 409 g/mol. The first-order valence-electron chi connectivity index (χ1n) is 9.53. The number of rotatable bonds is 4. The van der Waals surface area contributed by atoms with Crippen LogP contribution < -0.4 is 10.1 Å². The van der Waals surface area contributed by atoms with E-state index in [2.05, 4.69) is 10.3 Å². The molecular weight excluding hydrogens is 384 g/mol. The zero-order chi connectivity index (χ0) is 20.3. The maximum atomic E-state index is 13.0. The van der Waals surface area contributed by atoms with Crippen molar-refractivity contribution in [2.24, 2.45) is 10.9 Å². The second-order valence-corrected chi connectivity index (χ2v) is 7.67. The van der Waals surface area contributed by atoms with E-state index < -0.39 is 24.0 Å². The van der Waals surface area contributed by atoms with Crippen LogP contribution in [0.4, 0.5) is 4.79 Å². The average Bonchev–Trinajstić information content (AvgIpc) is 2.91. The van der Waals surface area contributed by atoms with Crippen LogP contribution in [-0.4, -0.2) is 36.0 Å². The molecule has 0 aromatic heterocycles. The molecule has 1 aliphatic carbocycles. The molecule has 1 aromatic carbocycles. The second-order valence-electron chi connectivity index (χ2n) is 7.26. The Morgan fingerprint density at radius 3 is 2.57 bits per heavy atom. The number of carbonyl (C=O) groups excluding carboxylic acids is 2. The summed E-state index contributed by atoms with van der Waals surface area (Å²) in [5.74, 6) is -1.22. The topological polar surface area (TPSA) is 97.2 Å². The fourth-order valence-corrected chi connectivity index (χ4v) is 4.05. The molecule has 7 nitrogen and oxygen atoms in total. The Morgan fingerprint density at radius 1 is 1.25 bits per heavy atom. The fraction of sp³-hybridized carbons (Fsp3) is 0.550. The number of esters is 1. The fourth-order valence-electron chi connectivity index (χ4n) is 3.83. The van der Waals surface area contributed by atoms with E-state index in [9.17, 15) is 14.7 Å². The molecule has 1 aromatic rings. The molecule has 2 atom stereocenters. The van der Waals surface area contributed by atoms with Gasteiger partial charge in [-0.1, -0.05) is 24.4 Å². The largest absolute Gasteiger partial charge is 0.503 e. The van der Waals surface area contributed by atoms with Crippen LogP contribution in [0.15, 0.2) is 17.1 Å². The molecule has 2 amide bonds. The number of carbonyl (C=O) groups is 2. The molecule has 2 N–H and O–H groups in total. The minimum absolute atomic E-state index is 0.0691. The van der Waals surface area contributed by atoms with Gasteiger partial charge in [0.05, 0.1) is 18.2 Å². The third kappa shape index (κ3) is 4.41. The third-order valence-electron chi connectivity index (χ3n) is 5.31. The van der Waals surface area contributed by atoms with E-state index in [4.69, 9.17) is 21.1 Å². The predicted molar refractivity (Wildman–Crippen MR) is 105 cm³/mol. The maximum Gasteiger partial charge on any atom is 0.341 e. The van der Waals surface area contributed by atoms with E-state index in [1.165, 1.54) is 13.2 Å². The number of benzene rings is 1. The number of halogens is 1. The lowest BCUT2D eigenvalue weighted by molar-refractivity contribution is -0.153. The summed E-state index contributed by atoms with van der Waals surface area (Å²) in [6.45, 7) is 1.64. The highest BCUT2D eigenvalue weighted by Gasteiger charge is 2.39. The van der Waals surface area contributed by atoms with Gasteiger partial charge in [0, 0.05) is 5.71 Å². The first-order valence-corrected chi connectivity index (χ1v) is 9.91. The van der Waals surface area contributed by atoms with Crippen LogP contribution in [-0.2, 0) is 9.53 Å². The van der Waals surface area contributed by atoms with Gasteiger partial charge in [-0.25, -0.2) is 9.79 Å². The summed E-state index contributed by atoms with van der Waals surface area (Å²) >= 11 is 6.10. The summed E-state index contributed by atoms with van der Waals surface area (Å²) < 4.78 is 10.9. The lowest BCUT2D eigenvalue weighted by Gasteiger charge is -2.31. The summed E-state index contributed by atoms with van der Waals surface area (Å²) in [6, 6.07) is 1.81. The van der Waals surface area contributed by atoms with Crippen molar-refractivity contribution in [3.63, 3.8) is 0 Å². The first-order chi connectivity index (χ1) is 13.4. The number of amides is 2. The van der Waals surface area contributed by atoms with Gasteiger partial charge in [0.15, 0.2) is 11.5 Å². The summed E-state index contributed by atoms with van der Waals surface area (Å²) in [7, 11) is 1.40. The van der Waals surface area contributed by atoms with E-state index in [1.54, 1.807) is 13.0 Å². The van der Waals surface area contributed by atoms with Crippen molar-refractivity contribution in [2.45, 2.75) is 57.6 Å². The number of urea groups is 1. The quantitative estimate of drug-likeness (QED) is 0.575. The summed E-state index contributed by atoms with van der Waals surface area (Å²) in [5, 5.41) is 12.8. The highest BCUT2D eigenvalue weighted by Crippen LogP contribution is 2.39. The molecule has 1 aliphatic heterocycles. The van der Waals surface area contributed by atoms with E-state index >= 15 is 0 Å². The van der Waals surface area contributed by atoms with Crippen molar-refractivity contribution < 1.29 is 24.2 Å². The molecule has 0 spiro atoms. The Kier molecular flexibility index (Phi) is 6.44. The highest BCUT2D eigenvalue weighted by atomic mass is 35.5. The normalized spacial score (nSPS) is 23.4. The van der Waals surface area contributed by atoms with Crippen molar-refractivity contribution >= 4 is 29.3 Å². The number of methoxy groups -OCH3 is 1. The van der Waals surface area contributed by atoms with Crippen LogP contribution in [0.25, 0.3) is 0 Å². The number of aromatic hydroxyl groups is 1. The Balaban J connectivity index is 1.90. The molecule has 1 saturated carbocycles. The second kappa shape index (κ2) is 8.82. The number of hydrogen-bond donors (Lipinski definition) is 2. The highest BCUT2D eigenvalue weighted by molar-refractivity contribution is 6.32. The van der Waals surface area contributed by atoms with Gasteiger partial charge in [-0.05, 0) is 50.3 Å². The Bertz CT molecular complexity index is 787. The monoisotopic (exact) mass is 408 g/mol. The minimum Gasteiger partial charge on any atom is -0.503 e. The van der Waals surface area contributed by atoms with Crippen molar-refractivity contribution in [2.75, 3.05) is 7.11 Å². The number of ether oxygens (including phenoxy) is 2. The maximum absolute atomic E-state index is 13.0. The van der Waals surface area contributed by atoms with E-state index in [0.29, 0.717) is 11.3 Å². The van der Waals surface area contributed by atoms with Gasteiger partial charge in [-0.15, -0.1) is 0 Å². The SMILES string of the molecule is COc1cc(C2NC(=O)N=C(C)C2C(=O)OC2CCCCCC2)cc(Cl)c1O. The van der Waals surface area contributed by atoms with E-state index in [0.717, 1.165) is 38.5 Å². The van der Waals surface area contributed by atoms with Gasteiger partial charge in [0.2, 0.25) is 0 Å². The molecule has 2 aliphatic rings. The minimum atomic E-state index is -0.772. The van der Waals surface area contributed by atoms with Gasteiger partial charge in [0.1, 0.15) is 12.0 Å². The van der Waals surface area contributed by atoms with Crippen LogP contribution in [0.5, 0.6) is 11.5 Å². The number of hydrogen-bond acceptors (Lipinski definition) is 5. The van der Waals surface area contributed by atoms with Gasteiger partial charge >= 0.3 is 12.0 Å². The standard InChI is InChI=1S/C20H25ClN2O5/c1-11-16(19(25)28-13-7-5-3-4-6-8-13)17(23-20(26)22-11)12-9-14(21)18(24)15(10-12)27-2/h9-10,13,16-17,24H,3-8H2,1-2H3,(H,23,26). The lowest BCUT2D eigenvalue weighted by atomic mass is 9.88. The molecule has 1 heterocycles. The Morgan fingerprint density at radius 2 is 1.93 bits per heavy atom. The van der Waals surface area contributed by atoms with Gasteiger partial charge in [-0.3, -0.25) is 4.79 Å². The third-order valence-corrected chi connectivity index (χ3v) is 5.60. The molecule has 0 radical (unpaired) electrons. The van der Waals surface area contributed by atoms with E-state index in [-0.39, 0.29) is 22.6 Å². The van der Waals surface area contributed by atoms with Crippen molar-refractivity contribution in [1.29, 1.82) is 0 Å². The van der Waals surface area contributed by atoms with Crippen LogP contribution in [0.3, 0.4) is 0 Å². The summed E-state index contributed by atoms with van der Waals surface area (Å²) in [4.78, 5) is 28.9. The molecule has 3 rings (SSSR count). The number of phenolic OH excluding ortho intramolecular Hbond substituents is 1. The first kappa shape index (κ1) is 20.5. The zero-order valence-electron chi connectivity index (χ0n) is 16.0. The van der Waals surface area contributed by atoms with Crippen LogP contribution >= 0.6 is 11.6 Å². The summed E-state index contributed by atoms with van der Waals surface area (Å²) in [6.07, 6.45) is 5.99. The van der Waals surface area contributed by atoms with Crippen molar-refractivity contribution in [1.82, 2.24) is 5.32 Å². The molecule has 8 heteroatoms.